The molecule has 0 aliphatic carbocycles. The van der Waals surface area contributed by atoms with E-state index in [2.05, 4.69) is 4.98 Å². The summed E-state index contributed by atoms with van der Waals surface area (Å²) in [5.74, 6) is -1.32. The maximum atomic E-state index is 14.0. The number of carbonyl (C=O) groups is 1. The first kappa shape index (κ1) is 20.0. The summed E-state index contributed by atoms with van der Waals surface area (Å²) in [6, 6.07) is 13.1. The van der Waals surface area contributed by atoms with E-state index in [4.69, 9.17) is 5.10 Å². The number of carbonyl (C=O) groups excluding carboxylic acids is 1. The van der Waals surface area contributed by atoms with Crippen molar-refractivity contribution in [1.82, 2.24) is 19.7 Å². The van der Waals surface area contributed by atoms with Crippen molar-refractivity contribution < 1.29 is 13.6 Å². The minimum Gasteiger partial charge on any atom is -0.325 e. The molecule has 166 valence electrons. The van der Waals surface area contributed by atoms with Gasteiger partial charge in [0.15, 0.2) is 0 Å². The van der Waals surface area contributed by atoms with Crippen LogP contribution in [0.1, 0.15) is 47.1 Å². The number of rotatable bonds is 2. The monoisotopic (exact) mass is 444 g/mol. The number of benzene rings is 2. The van der Waals surface area contributed by atoms with E-state index < -0.39 is 11.6 Å². The lowest BCUT2D eigenvalue weighted by atomic mass is 9.81. The maximum Gasteiger partial charge on any atom is 0.273 e. The van der Waals surface area contributed by atoms with E-state index in [0.29, 0.717) is 17.7 Å². The molecule has 2 aliphatic heterocycles. The quantitative estimate of drug-likeness (QED) is 0.427. The Kier molecular flexibility index (Phi) is 4.54. The van der Waals surface area contributed by atoms with Crippen LogP contribution in [0.3, 0.4) is 0 Å². The van der Waals surface area contributed by atoms with Crippen LogP contribution in [0.5, 0.6) is 0 Å². The van der Waals surface area contributed by atoms with E-state index in [9.17, 15) is 13.6 Å². The van der Waals surface area contributed by atoms with Crippen molar-refractivity contribution in [1.29, 1.82) is 0 Å². The van der Waals surface area contributed by atoms with E-state index in [0.717, 1.165) is 53.1 Å². The molecule has 1 fully saturated rings. The molecule has 0 spiro atoms. The highest BCUT2D eigenvalue weighted by molar-refractivity contribution is 5.97. The van der Waals surface area contributed by atoms with Crippen molar-refractivity contribution in [2.24, 2.45) is 7.05 Å². The Morgan fingerprint density at radius 1 is 1.03 bits per heavy atom. The normalized spacial score (nSPS) is 19.5. The van der Waals surface area contributed by atoms with Crippen LogP contribution in [0.25, 0.3) is 22.0 Å². The van der Waals surface area contributed by atoms with Gasteiger partial charge in [-0.15, -0.1) is 0 Å². The molecule has 0 saturated carbocycles. The van der Waals surface area contributed by atoms with Gasteiger partial charge in [0.05, 0.1) is 17.4 Å². The van der Waals surface area contributed by atoms with Crippen molar-refractivity contribution in [2.45, 2.75) is 37.8 Å². The molecule has 0 N–H and O–H groups in total. The van der Waals surface area contributed by atoms with Gasteiger partial charge in [0.1, 0.15) is 17.3 Å². The Hall–Kier alpha value is -3.61. The first-order chi connectivity index (χ1) is 16.0. The van der Waals surface area contributed by atoms with Crippen LogP contribution < -0.4 is 0 Å². The minimum absolute atomic E-state index is 0.00150. The fraction of sp³-hybridized carbons (Fsp3) is 0.269. The predicted molar refractivity (Wildman–Crippen MR) is 121 cm³/mol. The summed E-state index contributed by atoms with van der Waals surface area (Å²) in [5.41, 5.74) is 3.42. The molecule has 33 heavy (non-hydrogen) atoms. The van der Waals surface area contributed by atoms with Crippen LogP contribution in [0.2, 0.25) is 0 Å². The lowest BCUT2D eigenvalue weighted by Crippen LogP contribution is -2.50. The molecule has 1 saturated heterocycles. The minimum atomic E-state index is -0.616. The zero-order chi connectivity index (χ0) is 22.7. The third kappa shape index (κ3) is 3.22. The van der Waals surface area contributed by atoms with Crippen LogP contribution in [0, 0.1) is 11.6 Å². The van der Waals surface area contributed by atoms with Crippen molar-refractivity contribution in [3.8, 4) is 11.3 Å². The first-order valence-corrected chi connectivity index (χ1v) is 11.2. The maximum absolute atomic E-state index is 14.0. The van der Waals surface area contributed by atoms with Crippen molar-refractivity contribution in [3.63, 3.8) is 0 Å². The van der Waals surface area contributed by atoms with Crippen LogP contribution >= 0.6 is 0 Å². The fourth-order valence-corrected chi connectivity index (χ4v) is 5.53. The molecule has 0 radical (unpaired) electrons. The van der Waals surface area contributed by atoms with Crippen molar-refractivity contribution >= 4 is 16.7 Å². The lowest BCUT2D eigenvalue weighted by molar-refractivity contribution is 0.0386. The fourth-order valence-electron chi connectivity index (χ4n) is 5.53. The van der Waals surface area contributed by atoms with Gasteiger partial charge in [0, 0.05) is 41.9 Å². The largest absolute Gasteiger partial charge is 0.325 e. The molecule has 2 aromatic carbocycles. The molecule has 2 aromatic heterocycles. The smallest absolute Gasteiger partial charge is 0.273 e. The molecule has 6 rings (SSSR count). The van der Waals surface area contributed by atoms with Gasteiger partial charge in [0.2, 0.25) is 0 Å². The molecular weight excluding hydrogens is 422 g/mol. The average molecular weight is 444 g/mol. The number of aromatic nitrogens is 3. The Labute approximate surface area is 189 Å². The number of hydrogen-bond acceptors (Lipinski definition) is 3. The zero-order valence-electron chi connectivity index (χ0n) is 18.1. The second-order valence-corrected chi connectivity index (χ2v) is 8.93. The van der Waals surface area contributed by atoms with E-state index in [1.807, 2.05) is 35.2 Å². The molecule has 2 bridgehead atoms. The number of pyridine rings is 1. The summed E-state index contributed by atoms with van der Waals surface area (Å²) < 4.78 is 29.6. The van der Waals surface area contributed by atoms with Gasteiger partial charge in [-0.05, 0) is 49.3 Å². The SMILES string of the molecule is Cn1nc2c(c1-c1cc(F)cc(F)c1)CC1CCCC2N1C(=O)c1cc2ccccc2cn1. The summed E-state index contributed by atoms with van der Waals surface area (Å²) in [6.45, 7) is 0. The van der Waals surface area contributed by atoms with E-state index in [-0.39, 0.29) is 18.0 Å². The van der Waals surface area contributed by atoms with Gasteiger partial charge < -0.3 is 4.90 Å². The molecule has 4 heterocycles. The number of halogens is 2. The average Bonchev–Trinajstić information content (AvgIpc) is 3.13. The summed E-state index contributed by atoms with van der Waals surface area (Å²) >= 11 is 0. The van der Waals surface area contributed by atoms with Crippen LogP contribution in [-0.4, -0.2) is 31.6 Å². The summed E-state index contributed by atoms with van der Waals surface area (Å²) in [5, 5.41) is 6.71. The zero-order valence-corrected chi connectivity index (χ0v) is 18.1. The van der Waals surface area contributed by atoms with Crippen LogP contribution in [-0.2, 0) is 13.5 Å². The van der Waals surface area contributed by atoms with Gasteiger partial charge in [-0.25, -0.2) is 8.78 Å². The topological polar surface area (TPSA) is 51.0 Å². The second kappa shape index (κ2) is 7.47. The third-order valence-electron chi connectivity index (χ3n) is 6.90. The van der Waals surface area contributed by atoms with Gasteiger partial charge in [-0.1, -0.05) is 24.3 Å². The first-order valence-electron chi connectivity index (χ1n) is 11.2. The highest BCUT2D eigenvalue weighted by Crippen LogP contribution is 2.45. The Morgan fingerprint density at radius 2 is 1.79 bits per heavy atom. The van der Waals surface area contributed by atoms with E-state index in [1.54, 1.807) is 17.9 Å². The number of fused-ring (bicyclic) bond motifs is 5. The van der Waals surface area contributed by atoms with Gasteiger partial charge >= 0.3 is 0 Å². The Bertz CT molecular complexity index is 1390. The van der Waals surface area contributed by atoms with Crippen molar-refractivity contribution in [3.05, 3.63) is 83.3 Å². The van der Waals surface area contributed by atoms with Gasteiger partial charge in [0.25, 0.3) is 5.91 Å². The van der Waals surface area contributed by atoms with Crippen LogP contribution in [0.15, 0.2) is 54.7 Å². The number of nitrogens with zero attached hydrogens (tertiary/aromatic N) is 4. The summed E-state index contributed by atoms with van der Waals surface area (Å²) in [4.78, 5) is 20.0. The number of aryl methyl sites for hydroxylation is 1. The molecule has 2 atom stereocenters. The number of piperidine rings is 1. The summed E-state index contributed by atoms with van der Waals surface area (Å²) in [6.07, 6.45) is 5.03. The Balaban J connectivity index is 1.42. The molecule has 2 aliphatic rings. The third-order valence-corrected chi connectivity index (χ3v) is 6.90. The molecule has 5 nitrogen and oxygen atoms in total. The van der Waals surface area contributed by atoms with Gasteiger partial charge in [-0.2, -0.15) is 5.10 Å². The second-order valence-electron chi connectivity index (χ2n) is 8.93. The molecule has 7 heteroatoms. The standard InChI is InChI=1S/C26H22F2N4O/c1-31-25(17-9-18(27)12-19(28)10-17)21-13-20-7-4-8-23(24(21)30-31)32(20)26(33)22-11-15-5-2-3-6-16(15)14-29-22/h2-3,5-6,9-12,14,20,23H,4,7-8,13H2,1H3. The molecule has 4 aromatic rings. The lowest BCUT2D eigenvalue weighted by Gasteiger charge is -2.45. The molecule has 1 amide bonds. The number of amides is 1. The van der Waals surface area contributed by atoms with Gasteiger partial charge in [-0.3, -0.25) is 14.5 Å². The van der Waals surface area contributed by atoms with Crippen molar-refractivity contribution in [2.75, 3.05) is 0 Å². The highest BCUT2D eigenvalue weighted by Gasteiger charge is 2.43. The van der Waals surface area contributed by atoms with Crippen LogP contribution in [0.4, 0.5) is 8.78 Å². The van der Waals surface area contributed by atoms with E-state index in [1.165, 1.54) is 12.1 Å². The highest BCUT2D eigenvalue weighted by atomic mass is 19.1. The Morgan fingerprint density at radius 3 is 2.58 bits per heavy atom. The summed E-state index contributed by atoms with van der Waals surface area (Å²) in [7, 11) is 1.79. The molecular formula is C26H22F2N4O. The van der Waals surface area contributed by atoms with E-state index >= 15 is 0 Å². The number of hydrogen-bond donors (Lipinski definition) is 0. The predicted octanol–water partition coefficient (Wildman–Crippen LogP) is 5.21. The molecule has 2 unspecified atom stereocenters.